The molecule has 7 rings (SSSR count). The number of carbonyl (C=O) groups is 3. The van der Waals surface area contributed by atoms with Gasteiger partial charge in [-0.25, -0.2) is 14.8 Å². The molecule has 2 aliphatic heterocycles. The second-order valence-corrected chi connectivity index (χ2v) is 12.7. The number of likely N-dealkylation sites (tertiary alicyclic amines) is 2. The van der Waals surface area contributed by atoms with Crippen LogP contribution in [0.5, 0.6) is 0 Å². The zero-order valence-corrected chi connectivity index (χ0v) is 28.2. The number of carbonyl (C=O) groups excluding carboxylic acids is 3. The molecule has 2 aromatic carbocycles. The van der Waals surface area contributed by atoms with Crippen LogP contribution in [0.1, 0.15) is 62.8 Å². The molecule has 13 heteroatoms. The summed E-state index contributed by atoms with van der Waals surface area (Å²) in [6.45, 7) is 3.44. The fourth-order valence-corrected chi connectivity index (χ4v) is 7.04. The van der Waals surface area contributed by atoms with Gasteiger partial charge >= 0.3 is 6.09 Å². The van der Waals surface area contributed by atoms with Crippen LogP contribution >= 0.6 is 0 Å². The van der Waals surface area contributed by atoms with Crippen molar-refractivity contribution in [1.82, 2.24) is 44.8 Å². The molecule has 5 heterocycles. The zero-order chi connectivity index (χ0) is 34.6. The van der Waals surface area contributed by atoms with Crippen LogP contribution in [-0.4, -0.2) is 83.7 Å². The topological polar surface area (TPSA) is 154 Å². The van der Waals surface area contributed by atoms with Crippen LogP contribution in [0, 0.1) is 0 Å². The number of amides is 3. The third-order valence-corrected chi connectivity index (χ3v) is 9.66. The first kappa shape index (κ1) is 32.8. The number of ether oxygens (including phenoxy) is 1. The fourth-order valence-electron chi connectivity index (χ4n) is 7.04. The first-order valence-electron chi connectivity index (χ1n) is 17.1. The monoisotopic (exact) mass is 675 g/mol. The van der Waals surface area contributed by atoms with E-state index in [1.807, 2.05) is 18.0 Å². The summed E-state index contributed by atoms with van der Waals surface area (Å²) in [5.74, 6) is 1.52. The Bertz CT molecular complexity index is 1930. The predicted molar refractivity (Wildman–Crippen MR) is 186 cm³/mol. The molecule has 2 saturated heterocycles. The van der Waals surface area contributed by atoms with Gasteiger partial charge < -0.3 is 29.8 Å². The Labute approximate surface area is 290 Å². The summed E-state index contributed by atoms with van der Waals surface area (Å²) >= 11 is 0. The lowest BCUT2D eigenvalue weighted by Crippen LogP contribution is -2.50. The van der Waals surface area contributed by atoms with E-state index in [2.05, 4.69) is 78.9 Å². The molecule has 50 heavy (non-hydrogen) atoms. The molecule has 0 bridgehead atoms. The Morgan fingerprint density at radius 1 is 0.840 bits per heavy atom. The molecular formula is C37H41N9O4. The molecule has 2 aliphatic rings. The number of aromatic amines is 2. The smallest absolute Gasteiger partial charge is 0.407 e. The van der Waals surface area contributed by atoms with Crippen molar-refractivity contribution >= 4 is 17.9 Å². The third kappa shape index (κ3) is 6.75. The van der Waals surface area contributed by atoms with Crippen LogP contribution in [0.15, 0.2) is 79.4 Å². The lowest BCUT2D eigenvalue weighted by Gasteiger charge is -2.28. The van der Waals surface area contributed by atoms with Crippen LogP contribution in [0.3, 0.4) is 0 Å². The van der Waals surface area contributed by atoms with Gasteiger partial charge in [0.2, 0.25) is 11.8 Å². The highest BCUT2D eigenvalue weighted by atomic mass is 16.5. The molecule has 258 valence electrons. The van der Waals surface area contributed by atoms with E-state index < -0.39 is 12.1 Å². The van der Waals surface area contributed by atoms with Gasteiger partial charge in [0.1, 0.15) is 17.7 Å². The summed E-state index contributed by atoms with van der Waals surface area (Å²) in [7, 11) is 1.27. The molecule has 0 spiro atoms. The number of nitrogens with zero attached hydrogens (tertiary/aromatic N) is 6. The number of hydrogen-bond acceptors (Lipinski definition) is 7. The number of methoxy groups -OCH3 is 1. The minimum absolute atomic E-state index is 0.0142. The first-order chi connectivity index (χ1) is 24.4. The summed E-state index contributed by atoms with van der Waals surface area (Å²) in [4.78, 5) is 58.1. The van der Waals surface area contributed by atoms with E-state index in [1.165, 1.54) is 7.11 Å². The number of nitrogens with one attached hydrogen (secondary N) is 3. The van der Waals surface area contributed by atoms with E-state index >= 15 is 0 Å². The molecule has 0 saturated carbocycles. The Kier molecular flexibility index (Phi) is 9.45. The Morgan fingerprint density at radius 3 is 1.90 bits per heavy atom. The standard InChI is InChI=1S/C37H41N9O4/c1-3-33(47)45-19-4-7-31(45)34-38-21-28(41-34)26-13-9-24(10-14-26)25-11-15-27(16-12-25)29-22-39-35(42-29)32-8-5-20-46(32)36(48)30(43-37(49)50-2)23-44-18-6-17-40-44/h6,9-18,21-22,30-32H,3-5,7-8,19-20,23H2,1-2H3,(H,38,41)(H,39,42)(H,43,49)/t30-,31-,32-/m0/s1. The molecule has 0 unspecified atom stereocenters. The Morgan fingerprint density at radius 2 is 1.38 bits per heavy atom. The molecular weight excluding hydrogens is 634 g/mol. The molecule has 0 aliphatic carbocycles. The maximum absolute atomic E-state index is 13.7. The maximum Gasteiger partial charge on any atom is 0.407 e. The van der Waals surface area contributed by atoms with Gasteiger partial charge in [0, 0.05) is 31.9 Å². The summed E-state index contributed by atoms with van der Waals surface area (Å²) < 4.78 is 6.40. The van der Waals surface area contributed by atoms with Crippen molar-refractivity contribution in [3.8, 4) is 33.6 Å². The van der Waals surface area contributed by atoms with Gasteiger partial charge in [-0.05, 0) is 54.0 Å². The molecule has 3 atom stereocenters. The van der Waals surface area contributed by atoms with Crippen molar-refractivity contribution in [3.05, 3.63) is 91.0 Å². The summed E-state index contributed by atoms with van der Waals surface area (Å²) in [5, 5.41) is 6.87. The van der Waals surface area contributed by atoms with Crippen LogP contribution in [0.4, 0.5) is 4.79 Å². The van der Waals surface area contributed by atoms with E-state index in [1.54, 1.807) is 34.2 Å². The van der Waals surface area contributed by atoms with Gasteiger partial charge in [0.05, 0.1) is 49.5 Å². The highest BCUT2D eigenvalue weighted by molar-refractivity contribution is 5.86. The normalized spacial score (nSPS) is 18.0. The summed E-state index contributed by atoms with van der Waals surface area (Å²) in [5.41, 5.74) is 5.98. The summed E-state index contributed by atoms with van der Waals surface area (Å²) in [6.07, 6.45) is 10.4. The predicted octanol–water partition coefficient (Wildman–Crippen LogP) is 5.49. The van der Waals surface area contributed by atoms with Gasteiger partial charge in [0.15, 0.2) is 0 Å². The number of benzene rings is 2. The van der Waals surface area contributed by atoms with Crippen LogP contribution in [0.2, 0.25) is 0 Å². The second-order valence-electron chi connectivity index (χ2n) is 12.7. The number of rotatable bonds is 10. The average molecular weight is 676 g/mol. The number of H-pyrrole nitrogens is 2. The first-order valence-corrected chi connectivity index (χ1v) is 17.1. The van der Waals surface area contributed by atoms with E-state index in [4.69, 9.17) is 4.74 Å². The minimum Gasteiger partial charge on any atom is -0.453 e. The van der Waals surface area contributed by atoms with Crippen molar-refractivity contribution in [2.45, 2.75) is 63.7 Å². The van der Waals surface area contributed by atoms with Crippen molar-refractivity contribution in [2.24, 2.45) is 0 Å². The molecule has 3 N–H and O–H groups in total. The van der Waals surface area contributed by atoms with Gasteiger partial charge in [-0.3, -0.25) is 14.3 Å². The molecule has 5 aromatic rings. The largest absolute Gasteiger partial charge is 0.453 e. The highest BCUT2D eigenvalue weighted by Crippen LogP contribution is 2.34. The minimum atomic E-state index is -0.837. The number of aromatic nitrogens is 6. The SMILES string of the molecule is CCC(=O)N1CCC[C@H]1c1ncc(-c2ccc(-c3ccc(-c4cnc([C@@H]5CCCN5C(=O)[C@H](Cn5cccn5)NC(=O)OC)[nH]4)cc3)cc2)[nH]1. The lowest BCUT2D eigenvalue weighted by molar-refractivity contribution is -0.135. The molecule has 3 amide bonds. The van der Waals surface area contributed by atoms with Crippen LogP contribution < -0.4 is 5.32 Å². The van der Waals surface area contributed by atoms with E-state index in [0.29, 0.717) is 18.8 Å². The molecule has 0 radical (unpaired) electrons. The van der Waals surface area contributed by atoms with E-state index in [0.717, 1.165) is 71.7 Å². The molecule has 3 aromatic heterocycles. The number of imidazole rings is 2. The van der Waals surface area contributed by atoms with E-state index in [-0.39, 0.29) is 30.4 Å². The second kappa shape index (κ2) is 14.4. The Hall–Kier alpha value is -5.72. The third-order valence-electron chi connectivity index (χ3n) is 9.66. The quantitative estimate of drug-likeness (QED) is 0.177. The fraction of sp³-hybridized carbons (Fsp3) is 0.351. The van der Waals surface area contributed by atoms with E-state index in [9.17, 15) is 14.4 Å². The average Bonchev–Trinajstić information content (AvgIpc) is 4.00. The Balaban J connectivity index is 1.02. The molecule has 2 fully saturated rings. The van der Waals surface area contributed by atoms with Crippen LogP contribution in [0.25, 0.3) is 33.6 Å². The summed E-state index contributed by atoms with van der Waals surface area (Å²) in [6, 6.07) is 17.4. The van der Waals surface area contributed by atoms with Crippen molar-refractivity contribution < 1.29 is 19.1 Å². The van der Waals surface area contributed by atoms with Gasteiger partial charge in [-0.2, -0.15) is 5.10 Å². The van der Waals surface area contributed by atoms with Gasteiger partial charge in [-0.15, -0.1) is 0 Å². The van der Waals surface area contributed by atoms with Gasteiger partial charge in [0.25, 0.3) is 0 Å². The zero-order valence-electron chi connectivity index (χ0n) is 28.2. The molecule has 13 nitrogen and oxygen atoms in total. The lowest BCUT2D eigenvalue weighted by atomic mass is 10.0. The number of hydrogen-bond donors (Lipinski definition) is 3. The van der Waals surface area contributed by atoms with Crippen molar-refractivity contribution in [3.63, 3.8) is 0 Å². The van der Waals surface area contributed by atoms with Crippen LogP contribution in [-0.2, 0) is 20.9 Å². The number of alkyl carbamates (subject to hydrolysis) is 1. The van der Waals surface area contributed by atoms with Gasteiger partial charge in [-0.1, -0.05) is 55.5 Å². The maximum atomic E-state index is 13.7. The van der Waals surface area contributed by atoms with Crippen molar-refractivity contribution in [2.75, 3.05) is 20.2 Å². The highest BCUT2D eigenvalue weighted by Gasteiger charge is 2.37. The van der Waals surface area contributed by atoms with Crippen molar-refractivity contribution in [1.29, 1.82) is 0 Å².